The van der Waals surface area contributed by atoms with Crippen molar-refractivity contribution in [1.82, 2.24) is 16.0 Å². The minimum Gasteiger partial charge on any atom is -0.444 e. The summed E-state index contributed by atoms with van der Waals surface area (Å²) in [6, 6.07) is 25.4. The van der Waals surface area contributed by atoms with Crippen LogP contribution in [0.1, 0.15) is 64.2 Å². The van der Waals surface area contributed by atoms with Gasteiger partial charge in [-0.3, -0.25) is 14.4 Å². The number of rotatable bonds is 17. The zero-order chi connectivity index (χ0) is 36.0. The lowest BCUT2D eigenvalue weighted by Gasteiger charge is -2.30. The highest BCUT2D eigenvalue weighted by molar-refractivity contribution is 5.92. The van der Waals surface area contributed by atoms with Crippen LogP contribution >= 0.6 is 0 Å². The van der Waals surface area contributed by atoms with Crippen LogP contribution in [0.2, 0.25) is 0 Å². The summed E-state index contributed by atoms with van der Waals surface area (Å²) in [7, 11) is 0. The van der Waals surface area contributed by atoms with E-state index in [-0.39, 0.29) is 25.2 Å². The average molecular weight is 673 g/mol. The molecule has 0 aliphatic carbocycles. The zero-order valence-corrected chi connectivity index (χ0v) is 29.2. The molecular formula is C39H52N4O6. The molecule has 0 aromatic heterocycles. The summed E-state index contributed by atoms with van der Waals surface area (Å²) in [5.74, 6) is -2.37. The number of carbonyl (C=O) groups is 4. The fraction of sp³-hybridized carbons (Fsp3) is 0.436. The monoisotopic (exact) mass is 672 g/mol. The van der Waals surface area contributed by atoms with E-state index >= 15 is 0 Å². The first-order valence-electron chi connectivity index (χ1n) is 16.9. The highest BCUT2D eigenvalue weighted by atomic mass is 16.6. The van der Waals surface area contributed by atoms with Gasteiger partial charge in [0.25, 0.3) is 0 Å². The lowest BCUT2D eigenvalue weighted by atomic mass is 9.88. The van der Waals surface area contributed by atoms with Crippen molar-refractivity contribution in [3.8, 4) is 0 Å². The molecule has 0 heterocycles. The van der Waals surface area contributed by atoms with Crippen LogP contribution in [0.4, 0.5) is 4.79 Å². The van der Waals surface area contributed by atoms with E-state index in [9.17, 15) is 24.3 Å². The molecule has 0 aliphatic heterocycles. The first-order chi connectivity index (χ1) is 23.2. The highest BCUT2D eigenvalue weighted by Crippen LogP contribution is 2.20. The Kier molecular flexibility index (Phi) is 14.8. The van der Waals surface area contributed by atoms with Crippen molar-refractivity contribution in [1.29, 1.82) is 0 Å². The predicted octanol–water partition coefficient (Wildman–Crippen LogP) is 4.48. The Morgan fingerprint density at radius 3 is 1.61 bits per heavy atom. The van der Waals surface area contributed by atoms with Gasteiger partial charge >= 0.3 is 6.09 Å². The Labute approximate surface area is 290 Å². The van der Waals surface area contributed by atoms with Crippen LogP contribution in [0.5, 0.6) is 0 Å². The minimum absolute atomic E-state index is 0.0119. The number of nitrogens with one attached hydrogen (secondary N) is 3. The summed E-state index contributed by atoms with van der Waals surface area (Å²) in [6.07, 6.45) is -0.731. The van der Waals surface area contributed by atoms with Gasteiger partial charge in [0, 0.05) is 12.3 Å². The number of primary amides is 1. The fourth-order valence-electron chi connectivity index (χ4n) is 5.59. The molecule has 10 heteroatoms. The van der Waals surface area contributed by atoms with Gasteiger partial charge in [0.1, 0.15) is 17.7 Å². The summed E-state index contributed by atoms with van der Waals surface area (Å²) in [4.78, 5) is 52.9. The van der Waals surface area contributed by atoms with Gasteiger partial charge in [-0.15, -0.1) is 0 Å². The van der Waals surface area contributed by atoms with E-state index in [1.165, 1.54) is 0 Å². The Bertz CT molecular complexity index is 1480. The number of hydrogen-bond donors (Lipinski definition) is 5. The number of aliphatic hydroxyl groups excluding tert-OH is 1. The molecule has 10 nitrogen and oxygen atoms in total. The number of hydrogen-bond acceptors (Lipinski definition) is 6. The largest absolute Gasteiger partial charge is 0.444 e. The molecule has 49 heavy (non-hydrogen) atoms. The lowest BCUT2D eigenvalue weighted by Crippen LogP contribution is -2.55. The van der Waals surface area contributed by atoms with Crippen molar-refractivity contribution in [2.45, 2.75) is 96.6 Å². The number of nitrogens with two attached hydrogens (primary N) is 1. The smallest absolute Gasteiger partial charge is 0.407 e. The Morgan fingerprint density at radius 1 is 0.673 bits per heavy atom. The summed E-state index contributed by atoms with van der Waals surface area (Å²) < 4.78 is 5.49. The maximum atomic E-state index is 14.1. The second-order valence-corrected chi connectivity index (χ2v) is 14.0. The van der Waals surface area contributed by atoms with Gasteiger partial charge in [-0.2, -0.15) is 0 Å². The molecule has 3 aromatic carbocycles. The Morgan fingerprint density at radius 2 is 1.14 bits per heavy atom. The molecule has 0 saturated heterocycles. The first kappa shape index (κ1) is 38.7. The fourth-order valence-corrected chi connectivity index (χ4v) is 5.59. The molecule has 0 radical (unpaired) electrons. The van der Waals surface area contributed by atoms with Crippen molar-refractivity contribution in [2.75, 3.05) is 0 Å². The number of alkyl carbamates (subject to hydrolysis) is 1. The predicted molar refractivity (Wildman–Crippen MR) is 190 cm³/mol. The van der Waals surface area contributed by atoms with E-state index < -0.39 is 59.6 Å². The third-order valence-electron chi connectivity index (χ3n) is 7.97. The molecule has 0 bridgehead atoms. The van der Waals surface area contributed by atoms with E-state index in [1.807, 2.05) is 105 Å². The van der Waals surface area contributed by atoms with Crippen molar-refractivity contribution < 1.29 is 29.0 Å². The SMILES string of the molecule is CC(C)C[C@H](NC(=O)C(Cc1ccccc1)C[C@H](O)[C@H](Cc1ccccc1)NC(=O)OC(C)(C)C)C(=O)N[C@@H](Cc1ccccc1)C(N)=O. The second-order valence-electron chi connectivity index (χ2n) is 14.0. The molecule has 0 fully saturated rings. The molecule has 0 saturated carbocycles. The Balaban J connectivity index is 1.85. The van der Waals surface area contributed by atoms with E-state index in [0.717, 1.165) is 16.7 Å². The molecule has 0 spiro atoms. The lowest BCUT2D eigenvalue weighted by molar-refractivity contribution is -0.133. The number of benzene rings is 3. The van der Waals surface area contributed by atoms with Gasteiger partial charge in [-0.05, 0) is 69.1 Å². The summed E-state index contributed by atoms with van der Waals surface area (Å²) in [5.41, 5.74) is 7.51. The maximum absolute atomic E-state index is 14.1. The molecule has 1 unspecified atom stereocenters. The van der Waals surface area contributed by atoms with E-state index in [2.05, 4.69) is 16.0 Å². The van der Waals surface area contributed by atoms with Crippen molar-refractivity contribution in [3.05, 3.63) is 108 Å². The second kappa shape index (κ2) is 18.7. The van der Waals surface area contributed by atoms with Crippen LogP contribution in [0, 0.1) is 11.8 Å². The number of amides is 4. The normalized spacial score (nSPS) is 14.5. The number of aliphatic hydroxyl groups is 1. The molecule has 5 atom stereocenters. The van der Waals surface area contributed by atoms with E-state index in [0.29, 0.717) is 12.8 Å². The van der Waals surface area contributed by atoms with Crippen molar-refractivity contribution >= 4 is 23.8 Å². The topological polar surface area (TPSA) is 160 Å². The molecule has 264 valence electrons. The van der Waals surface area contributed by atoms with Gasteiger partial charge < -0.3 is 31.5 Å². The van der Waals surface area contributed by atoms with Gasteiger partial charge in [0.2, 0.25) is 17.7 Å². The maximum Gasteiger partial charge on any atom is 0.407 e. The average Bonchev–Trinajstić information content (AvgIpc) is 3.03. The third kappa shape index (κ3) is 14.1. The summed E-state index contributed by atoms with van der Waals surface area (Å²) in [6.45, 7) is 9.14. The minimum atomic E-state index is -1.14. The number of ether oxygens (including phenoxy) is 1. The summed E-state index contributed by atoms with van der Waals surface area (Å²) >= 11 is 0. The molecule has 6 N–H and O–H groups in total. The van der Waals surface area contributed by atoms with Gasteiger partial charge in [0.05, 0.1) is 12.1 Å². The molecule has 0 aliphatic rings. The van der Waals surface area contributed by atoms with Crippen molar-refractivity contribution in [2.24, 2.45) is 17.6 Å². The van der Waals surface area contributed by atoms with Crippen LogP contribution < -0.4 is 21.7 Å². The van der Waals surface area contributed by atoms with Crippen LogP contribution in [0.25, 0.3) is 0 Å². The number of carbonyl (C=O) groups excluding carboxylic acids is 4. The van der Waals surface area contributed by atoms with E-state index in [1.54, 1.807) is 20.8 Å². The van der Waals surface area contributed by atoms with E-state index in [4.69, 9.17) is 10.5 Å². The molecule has 3 aromatic rings. The van der Waals surface area contributed by atoms with Crippen molar-refractivity contribution in [3.63, 3.8) is 0 Å². The first-order valence-corrected chi connectivity index (χ1v) is 16.9. The molecule has 4 amide bonds. The van der Waals surface area contributed by atoms with Gasteiger partial charge in [-0.25, -0.2) is 4.79 Å². The standard InChI is InChI=1S/C39H52N4O6/c1-26(2)21-33(37(47)41-32(35(40)45)24-29-19-13-8-14-20-29)42-36(46)30(22-27-15-9-6-10-16-27)25-34(44)31(23-28-17-11-7-12-18-28)43-38(48)49-39(3,4)5/h6-20,26,30-34,44H,21-25H2,1-5H3,(H2,40,45)(H,41,47)(H,42,46)(H,43,48)/t30?,31-,32-,33-,34-/m0/s1. The zero-order valence-electron chi connectivity index (χ0n) is 29.2. The van der Waals surface area contributed by atoms with Gasteiger partial charge in [-0.1, -0.05) is 105 Å². The van der Waals surface area contributed by atoms with Crippen LogP contribution in [-0.2, 0) is 38.4 Å². The highest BCUT2D eigenvalue weighted by Gasteiger charge is 2.33. The van der Waals surface area contributed by atoms with Crippen LogP contribution in [0.3, 0.4) is 0 Å². The molecular weight excluding hydrogens is 620 g/mol. The van der Waals surface area contributed by atoms with Crippen LogP contribution in [-0.4, -0.2) is 58.8 Å². The van der Waals surface area contributed by atoms with Crippen LogP contribution in [0.15, 0.2) is 91.0 Å². The Hall–Kier alpha value is -4.70. The molecule has 3 rings (SSSR count). The van der Waals surface area contributed by atoms with Gasteiger partial charge in [0.15, 0.2) is 0 Å². The summed E-state index contributed by atoms with van der Waals surface area (Å²) in [5, 5.41) is 20.1. The quantitative estimate of drug-likeness (QED) is 0.142. The third-order valence-corrected chi connectivity index (χ3v) is 7.97.